The molecule has 3 aromatic carbocycles. The fourth-order valence-electron chi connectivity index (χ4n) is 4.00. The predicted octanol–water partition coefficient (Wildman–Crippen LogP) is 4.16. The van der Waals surface area contributed by atoms with Gasteiger partial charge in [0.1, 0.15) is 6.54 Å². The Morgan fingerprint density at radius 1 is 0.897 bits per heavy atom. The van der Waals surface area contributed by atoms with E-state index in [-0.39, 0.29) is 24.4 Å². The van der Waals surface area contributed by atoms with E-state index in [4.69, 9.17) is 0 Å². The van der Waals surface area contributed by atoms with Gasteiger partial charge >= 0.3 is 0 Å². The number of piperazine rings is 1. The SMILES string of the molecule is CC(=O)N1CC(=O)N(c2ccccc2-c2ccccc2)C[C@H]1Cc1ccccc1. The lowest BCUT2D eigenvalue weighted by molar-refractivity contribution is -0.137. The molecule has 0 radical (unpaired) electrons. The summed E-state index contributed by atoms with van der Waals surface area (Å²) in [5.74, 6) is -0.108. The average Bonchev–Trinajstić information content (AvgIpc) is 2.76. The van der Waals surface area contributed by atoms with E-state index in [1.807, 2.05) is 65.6 Å². The van der Waals surface area contributed by atoms with Crippen molar-refractivity contribution in [1.29, 1.82) is 0 Å². The summed E-state index contributed by atoms with van der Waals surface area (Å²) >= 11 is 0. The number of rotatable bonds is 4. The number of hydrogen-bond acceptors (Lipinski definition) is 2. The minimum Gasteiger partial charge on any atom is -0.328 e. The van der Waals surface area contributed by atoms with Crippen molar-refractivity contribution in [1.82, 2.24) is 4.90 Å². The molecule has 4 rings (SSSR count). The van der Waals surface area contributed by atoms with Crippen LogP contribution in [0.1, 0.15) is 12.5 Å². The number of carbonyl (C=O) groups is 2. The lowest BCUT2D eigenvalue weighted by Gasteiger charge is -2.41. The van der Waals surface area contributed by atoms with E-state index in [2.05, 4.69) is 24.3 Å². The minimum atomic E-state index is -0.0599. The van der Waals surface area contributed by atoms with Gasteiger partial charge in [-0.25, -0.2) is 0 Å². The van der Waals surface area contributed by atoms with Crippen molar-refractivity contribution in [2.45, 2.75) is 19.4 Å². The first-order valence-electron chi connectivity index (χ1n) is 9.89. The van der Waals surface area contributed by atoms with Crippen LogP contribution < -0.4 is 4.90 Å². The number of hydrogen-bond donors (Lipinski definition) is 0. The number of para-hydroxylation sites is 1. The number of carbonyl (C=O) groups excluding carboxylic acids is 2. The van der Waals surface area contributed by atoms with Crippen LogP contribution in [0.4, 0.5) is 5.69 Å². The summed E-state index contributed by atoms with van der Waals surface area (Å²) in [5.41, 5.74) is 4.15. The van der Waals surface area contributed by atoms with Crippen molar-refractivity contribution < 1.29 is 9.59 Å². The molecule has 1 atom stereocenters. The maximum atomic E-state index is 13.0. The molecule has 1 fully saturated rings. The van der Waals surface area contributed by atoms with E-state index in [1.165, 1.54) is 0 Å². The first-order chi connectivity index (χ1) is 14.1. The zero-order chi connectivity index (χ0) is 20.2. The molecule has 0 saturated carbocycles. The summed E-state index contributed by atoms with van der Waals surface area (Å²) in [7, 11) is 0. The van der Waals surface area contributed by atoms with Crippen molar-refractivity contribution in [3.8, 4) is 11.1 Å². The van der Waals surface area contributed by atoms with Crippen molar-refractivity contribution in [3.63, 3.8) is 0 Å². The van der Waals surface area contributed by atoms with Gasteiger partial charge in [-0.1, -0.05) is 78.9 Å². The Morgan fingerprint density at radius 3 is 2.21 bits per heavy atom. The summed E-state index contributed by atoms with van der Waals surface area (Å²) in [6.45, 7) is 2.13. The van der Waals surface area contributed by atoms with Gasteiger partial charge in [0.05, 0.1) is 11.7 Å². The molecule has 1 heterocycles. The molecule has 1 saturated heterocycles. The van der Waals surface area contributed by atoms with Gasteiger partial charge in [-0.05, 0) is 23.6 Å². The second-order valence-corrected chi connectivity index (χ2v) is 7.38. The molecule has 0 aromatic heterocycles. The summed E-state index contributed by atoms with van der Waals surface area (Å²) in [6.07, 6.45) is 0.720. The highest BCUT2D eigenvalue weighted by atomic mass is 16.2. The fraction of sp³-hybridized carbons (Fsp3) is 0.200. The Bertz CT molecular complexity index is 1000. The molecule has 0 unspecified atom stereocenters. The van der Waals surface area contributed by atoms with Crippen molar-refractivity contribution in [3.05, 3.63) is 90.5 Å². The molecule has 0 bridgehead atoms. The van der Waals surface area contributed by atoms with Gasteiger partial charge in [-0.3, -0.25) is 9.59 Å². The van der Waals surface area contributed by atoms with Gasteiger partial charge in [-0.15, -0.1) is 0 Å². The van der Waals surface area contributed by atoms with E-state index in [0.717, 1.165) is 28.8 Å². The quantitative estimate of drug-likeness (QED) is 0.678. The van der Waals surface area contributed by atoms with Crippen LogP contribution >= 0.6 is 0 Å². The third-order valence-corrected chi connectivity index (χ3v) is 5.44. The highest BCUT2D eigenvalue weighted by molar-refractivity contribution is 6.01. The molecule has 0 aliphatic carbocycles. The van der Waals surface area contributed by atoms with E-state index in [9.17, 15) is 9.59 Å². The van der Waals surface area contributed by atoms with Gasteiger partial charge in [0.2, 0.25) is 11.8 Å². The molecule has 146 valence electrons. The number of amides is 2. The van der Waals surface area contributed by atoms with Gasteiger partial charge in [0.25, 0.3) is 0 Å². The Hall–Kier alpha value is -3.40. The van der Waals surface area contributed by atoms with Crippen LogP contribution in [-0.2, 0) is 16.0 Å². The number of nitrogens with zero attached hydrogens (tertiary/aromatic N) is 2. The monoisotopic (exact) mass is 384 g/mol. The third kappa shape index (κ3) is 4.06. The highest BCUT2D eigenvalue weighted by Gasteiger charge is 2.35. The molecule has 3 aromatic rings. The number of benzene rings is 3. The van der Waals surface area contributed by atoms with Crippen LogP contribution in [-0.4, -0.2) is 35.8 Å². The van der Waals surface area contributed by atoms with Crippen LogP contribution in [0.5, 0.6) is 0 Å². The Balaban J connectivity index is 1.68. The topological polar surface area (TPSA) is 40.6 Å². The van der Waals surface area contributed by atoms with Crippen molar-refractivity contribution in [2.24, 2.45) is 0 Å². The Morgan fingerprint density at radius 2 is 1.52 bits per heavy atom. The minimum absolute atomic E-state index is 0.0482. The molecule has 4 heteroatoms. The van der Waals surface area contributed by atoms with Gasteiger partial charge in [0.15, 0.2) is 0 Å². The second kappa shape index (κ2) is 8.31. The van der Waals surface area contributed by atoms with E-state index >= 15 is 0 Å². The summed E-state index contributed by atoms with van der Waals surface area (Å²) in [4.78, 5) is 28.8. The molecular weight excluding hydrogens is 360 g/mol. The molecule has 1 aliphatic heterocycles. The molecule has 2 amide bonds. The summed E-state index contributed by atoms with van der Waals surface area (Å²) in [6, 6.07) is 28.1. The molecular formula is C25H24N2O2. The van der Waals surface area contributed by atoms with Gasteiger partial charge in [0, 0.05) is 19.0 Å². The summed E-state index contributed by atoms with van der Waals surface area (Å²) in [5, 5.41) is 0. The molecule has 0 spiro atoms. The fourth-order valence-corrected chi connectivity index (χ4v) is 4.00. The average molecular weight is 384 g/mol. The van der Waals surface area contributed by atoms with E-state index in [0.29, 0.717) is 6.54 Å². The van der Waals surface area contributed by atoms with Gasteiger partial charge < -0.3 is 9.80 Å². The van der Waals surface area contributed by atoms with E-state index in [1.54, 1.807) is 11.8 Å². The lowest BCUT2D eigenvalue weighted by atomic mass is 9.98. The molecule has 1 aliphatic rings. The first kappa shape index (κ1) is 18.9. The maximum absolute atomic E-state index is 13.0. The van der Waals surface area contributed by atoms with Crippen LogP contribution in [0, 0.1) is 0 Å². The molecule has 4 nitrogen and oxygen atoms in total. The normalized spacial score (nSPS) is 16.7. The number of anilines is 1. The Kier molecular flexibility index (Phi) is 5.43. The van der Waals surface area contributed by atoms with Crippen LogP contribution in [0.3, 0.4) is 0 Å². The smallest absolute Gasteiger partial charge is 0.246 e. The second-order valence-electron chi connectivity index (χ2n) is 7.38. The lowest BCUT2D eigenvalue weighted by Crippen LogP contribution is -2.58. The van der Waals surface area contributed by atoms with Crippen LogP contribution in [0.2, 0.25) is 0 Å². The van der Waals surface area contributed by atoms with Crippen LogP contribution in [0.15, 0.2) is 84.9 Å². The zero-order valence-corrected chi connectivity index (χ0v) is 16.5. The van der Waals surface area contributed by atoms with E-state index < -0.39 is 0 Å². The first-order valence-corrected chi connectivity index (χ1v) is 9.89. The van der Waals surface area contributed by atoms with Crippen LogP contribution in [0.25, 0.3) is 11.1 Å². The predicted molar refractivity (Wildman–Crippen MR) is 116 cm³/mol. The zero-order valence-electron chi connectivity index (χ0n) is 16.5. The Labute approximate surface area is 171 Å². The van der Waals surface area contributed by atoms with Gasteiger partial charge in [-0.2, -0.15) is 0 Å². The maximum Gasteiger partial charge on any atom is 0.246 e. The molecule has 29 heavy (non-hydrogen) atoms. The van der Waals surface area contributed by atoms with Crippen molar-refractivity contribution in [2.75, 3.05) is 18.0 Å². The molecule has 0 N–H and O–H groups in total. The highest BCUT2D eigenvalue weighted by Crippen LogP contribution is 2.32. The summed E-state index contributed by atoms with van der Waals surface area (Å²) < 4.78 is 0. The largest absolute Gasteiger partial charge is 0.328 e. The van der Waals surface area contributed by atoms with Crippen molar-refractivity contribution >= 4 is 17.5 Å². The standard InChI is InChI=1S/C25H24N2O2/c1-19(28)26-18-25(29)27(17-22(26)16-20-10-4-2-5-11-20)24-15-9-8-14-23(24)21-12-6-3-7-13-21/h2-15,22H,16-18H2,1H3/t22-/m1/s1. The third-order valence-electron chi connectivity index (χ3n) is 5.44.